The van der Waals surface area contributed by atoms with Crippen molar-refractivity contribution in [1.29, 1.82) is 5.26 Å². The van der Waals surface area contributed by atoms with E-state index < -0.39 is 51.4 Å². The molecule has 13 heteroatoms. The predicted octanol–water partition coefficient (Wildman–Crippen LogP) is 3.97. The van der Waals surface area contributed by atoms with E-state index >= 15 is 0 Å². The SMILES string of the molecule is CC(=O)C1=C(C)N(c2cccc(C(F)(F)F)c2)C(=O)N(C)C1c1ccc(C#N)cc1C(=O)NC1CCS(=O)(=O)C1. The maximum Gasteiger partial charge on any atom is 0.416 e. The van der Waals surface area contributed by atoms with Crippen molar-refractivity contribution < 1.29 is 36.0 Å². The Morgan fingerprint density at radius 1 is 1.15 bits per heavy atom. The van der Waals surface area contributed by atoms with E-state index in [1.165, 1.54) is 45.2 Å². The van der Waals surface area contributed by atoms with Crippen LogP contribution in [0.2, 0.25) is 0 Å². The highest BCUT2D eigenvalue weighted by Crippen LogP contribution is 2.41. The Balaban J connectivity index is 1.84. The number of Topliss-reactive ketones (excluding diaryl/α,β-unsaturated/α-hetero) is 1. The molecule has 0 aliphatic carbocycles. The summed E-state index contributed by atoms with van der Waals surface area (Å²) in [4.78, 5) is 42.1. The number of nitriles is 1. The van der Waals surface area contributed by atoms with Gasteiger partial charge in [0.15, 0.2) is 15.6 Å². The number of hydrogen-bond donors (Lipinski definition) is 1. The fraction of sp³-hybridized carbons (Fsp3) is 0.333. The van der Waals surface area contributed by atoms with Crippen LogP contribution in [-0.4, -0.2) is 55.6 Å². The molecule has 40 heavy (non-hydrogen) atoms. The third-order valence-corrected chi connectivity index (χ3v) is 8.75. The third-order valence-electron chi connectivity index (χ3n) is 6.98. The molecular weight excluding hydrogens is 549 g/mol. The largest absolute Gasteiger partial charge is 0.416 e. The summed E-state index contributed by atoms with van der Waals surface area (Å²) in [6.07, 6.45) is -4.44. The summed E-state index contributed by atoms with van der Waals surface area (Å²) in [6.45, 7) is 2.67. The minimum atomic E-state index is -4.66. The van der Waals surface area contributed by atoms with Crippen LogP contribution < -0.4 is 10.2 Å². The van der Waals surface area contributed by atoms with Crippen LogP contribution in [0.1, 0.15) is 53.4 Å². The van der Waals surface area contributed by atoms with Crippen LogP contribution in [0, 0.1) is 11.3 Å². The molecule has 1 saturated heterocycles. The zero-order valence-electron chi connectivity index (χ0n) is 21.7. The molecule has 0 saturated carbocycles. The average Bonchev–Trinajstić information content (AvgIpc) is 3.23. The molecule has 3 amide bonds. The number of likely N-dealkylation sites (N-methyl/N-ethyl adjacent to an activating group) is 1. The Hall–Kier alpha value is -4.18. The Morgan fingerprint density at radius 3 is 2.42 bits per heavy atom. The Bertz CT molecular complexity index is 1590. The van der Waals surface area contributed by atoms with Crippen molar-refractivity contribution in [2.24, 2.45) is 0 Å². The van der Waals surface area contributed by atoms with Gasteiger partial charge in [-0.2, -0.15) is 18.4 Å². The molecule has 210 valence electrons. The number of sulfone groups is 1. The number of halogens is 3. The zero-order valence-corrected chi connectivity index (χ0v) is 22.6. The lowest BCUT2D eigenvalue weighted by atomic mass is 9.87. The number of hydrogen-bond acceptors (Lipinski definition) is 6. The van der Waals surface area contributed by atoms with E-state index in [2.05, 4.69) is 5.32 Å². The number of carbonyl (C=O) groups is 3. The highest BCUT2D eigenvalue weighted by molar-refractivity contribution is 7.91. The molecular formula is C27H25F3N4O5S. The Kier molecular flexibility index (Phi) is 7.51. The summed E-state index contributed by atoms with van der Waals surface area (Å²) in [5.74, 6) is -1.49. The first kappa shape index (κ1) is 28.8. The van der Waals surface area contributed by atoms with E-state index in [-0.39, 0.29) is 51.6 Å². The first-order chi connectivity index (χ1) is 18.6. The number of allylic oxidation sites excluding steroid dienone is 1. The molecule has 9 nitrogen and oxygen atoms in total. The second-order valence-corrected chi connectivity index (χ2v) is 12.0. The monoisotopic (exact) mass is 574 g/mol. The zero-order chi connectivity index (χ0) is 29.6. The number of nitrogens with zero attached hydrogens (tertiary/aromatic N) is 3. The molecule has 2 aliphatic heterocycles. The van der Waals surface area contributed by atoms with E-state index in [4.69, 9.17) is 0 Å². The van der Waals surface area contributed by atoms with Gasteiger partial charge in [0.1, 0.15) is 0 Å². The van der Waals surface area contributed by atoms with Gasteiger partial charge in [-0.15, -0.1) is 0 Å². The van der Waals surface area contributed by atoms with E-state index in [0.717, 1.165) is 28.0 Å². The molecule has 0 bridgehead atoms. The molecule has 0 spiro atoms. The Morgan fingerprint density at radius 2 is 1.85 bits per heavy atom. The molecule has 2 atom stereocenters. The summed E-state index contributed by atoms with van der Waals surface area (Å²) in [6, 6.07) is 7.71. The van der Waals surface area contributed by atoms with Gasteiger partial charge in [-0.3, -0.25) is 14.5 Å². The van der Waals surface area contributed by atoms with E-state index in [1.807, 2.05) is 6.07 Å². The number of benzene rings is 2. The molecule has 1 N–H and O–H groups in total. The lowest BCUT2D eigenvalue weighted by Crippen LogP contribution is -2.49. The number of ketones is 1. The fourth-order valence-electron chi connectivity index (χ4n) is 5.09. The molecule has 2 aliphatic rings. The highest BCUT2D eigenvalue weighted by atomic mass is 32.2. The summed E-state index contributed by atoms with van der Waals surface area (Å²) >= 11 is 0. The van der Waals surface area contributed by atoms with Crippen LogP contribution in [0.5, 0.6) is 0 Å². The van der Waals surface area contributed by atoms with Gasteiger partial charge in [0.25, 0.3) is 5.91 Å². The van der Waals surface area contributed by atoms with Crippen LogP contribution in [0.4, 0.5) is 23.7 Å². The maximum atomic E-state index is 13.6. The lowest BCUT2D eigenvalue weighted by Gasteiger charge is -2.41. The standard InChI is InChI=1S/C27H25F3N4O5S/c1-15-23(16(2)35)24(33(3)26(37)34(15)20-6-4-5-18(12-20)27(28,29)30)21-8-7-17(13-31)11-22(21)25(36)32-19-9-10-40(38,39)14-19/h4-8,11-12,19,24H,9-10,14H2,1-3H3,(H,32,36). The smallest absolute Gasteiger partial charge is 0.348 e. The number of anilines is 1. The van der Waals surface area contributed by atoms with Gasteiger partial charge in [0.05, 0.1) is 40.4 Å². The third kappa shape index (κ3) is 5.44. The van der Waals surface area contributed by atoms with E-state index in [1.54, 1.807) is 0 Å². The van der Waals surface area contributed by atoms with Gasteiger partial charge in [0.2, 0.25) is 0 Å². The minimum absolute atomic E-state index is 0.0351. The van der Waals surface area contributed by atoms with Crippen LogP contribution in [-0.2, 0) is 20.8 Å². The van der Waals surface area contributed by atoms with Crippen molar-refractivity contribution in [3.63, 3.8) is 0 Å². The molecule has 2 aromatic carbocycles. The lowest BCUT2D eigenvalue weighted by molar-refractivity contribution is -0.137. The molecule has 2 heterocycles. The van der Waals surface area contributed by atoms with Crippen molar-refractivity contribution in [2.75, 3.05) is 23.5 Å². The first-order valence-corrected chi connectivity index (χ1v) is 14.0. The van der Waals surface area contributed by atoms with Gasteiger partial charge in [-0.1, -0.05) is 12.1 Å². The van der Waals surface area contributed by atoms with Crippen LogP contribution in [0.15, 0.2) is 53.7 Å². The molecule has 2 aromatic rings. The van der Waals surface area contributed by atoms with Crippen molar-refractivity contribution in [3.05, 3.63) is 76.0 Å². The van der Waals surface area contributed by atoms with Crippen molar-refractivity contribution in [3.8, 4) is 6.07 Å². The second-order valence-electron chi connectivity index (χ2n) is 9.72. The van der Waals surface area contributed by atoms with Crippen LogP contribution in [0.25, 0.3) is 0 Å². The summed E-state index contributed by atoms with van der Waals surface area (Å²) in [5, 5.41) is 12.1. The van der Waals surface area contributed by atoms with Crippen molar-refractivity contribution >= 4 is 33.2 Å². The molecule has 4 rings (SSSR count). The fourth-order valence-corrected chi connectivity index (χ4v) is 6.77. The van der Waals surface area contributed by atoms with Crippen LogP contribution >= 0.6 is 0 Å². The van der Waals surface area contributed by atoms with Gasteiger partial charge < -0.3 is 10.2 Å². The normalized spacial score (nSPS) is 20.9. The number of alkyl halides is 3. The number of urea groups is 1. The summed E-state index contributed by atoms with van der Waals surface area (Å²) < 4.78 is 63.9. The second kappa shape index (κ2) is 10.4. The number of amides is 3. The predicted molar refractivity (Wildman–Crippen MR) is 139 cm³/mol. The number of nitrogens with one attached hydrogen (secondary N) is 1. The van der Waals surface area contributed by atoms with Gasteiger partial charge in [-0.25, -0.2) is 13.2 Å². The quantitative estimate of drug-likeness (QED) is 0.576. The molecule has 0 aromatic heterocycles. The highest BCUT2D eigenvalue weighted by Gasteiger charge is 2.42. The topological polar surface area (TPSA) is 128 Å². The summed E-state index contributed by atoms with van der Waals surface area (Å²) in [5.41, 5.74) is -0.650. The molecule has 2 unspecified atom stereocenters. The van der Waals surface area contributed by atoms with Crippen LogP contribution in [0.3, 0.4) is 0 Å². The number of rotatable bonds is 5. The average molecular weight is 575 g/mol. The van der Waals surface area contributed by atoms with E-state index in [9.17, 15) is 41.2 Å². The number of carbonyl (C=O) groups excluding carboxylic acids is 3. The van der Waals surface area contributed by atoms with Gasteiger partial charge >= 0.3 is 12.2 Å². The molecule has 1 fully saturated rings. The minimum Gasteiger partial charge on any atom is -0.348 e. The Labute approximate surface area is 228 Å². The van der Waals surface area contributed by atoms with Crippen molar-refractivity contribution in [1.82, 2.24) is 10.2 Å². The maximum absolute atomic E-state index is 13.6. The van der Waals surface area contributed by atoms with E-state index in [0.29, 0.717) is 0 Å². The van der Waals surface area contributed by atoms with Gasteiger partial charge in [-0.05, 0) is 56.2 Å². The summed E-state index contributed by atoms with van der Waals surface area (Å²) in [7, 11) is -1.95. The van der Waals surface area contributed by atoms with Crippen molar-refractivity contribution in [2.45, 2.75) is 38.5 Å². The molecule has 0 radical (unpaired) electrons. The van der Waals surface area contributed by atoms with Gasteiger partial charge in [0, 0.05) is 29.9 Å². The first-order valence-electron chi connectivity index (χ1n) is 12.2.